The maximum absolute atomic E-state index is 10.0. The van der Waals surface area contributed by atoms with Gasteiger partial charge >= 0.3 is 5.97 Å². The molecule has 0 aliphatic rings. The average molecular weight is 331 g/mol. The molecule has 0 aliphatic heterocycles. The molecule has 0 unspecified atom stereocenters. The van der Waals surface area contributed by atoms with Gasteiger partial charge in [0.15, 0.2) is 0 Å². The van der Waals surface area contributed by atoms with Gasteiger partial charge in [0.1, 0.15) is 0 Å². The summed E-state index contributed by atoms with van der Waals surface area (Å²) in [5, 5.41) is 8.27. The number of carboxylic acids is 1. The van der Waals surface area contributed by atoms with Crippen molar-refractivity contribution in [3.8, 4) is 0 Å². The third-order valence-corrected chi connectivity index (χ3v) is 4.29. The third kappa shape index (κ3) is 16.1. The first-order valence-corrected chi connectivity index (χ1v) is 10.1. The maximum atomic E-state index is 10.0. The van der Waals surface area contributed by atoms with Crippen LogP contribution in [-0.2, 0) is 4.79 Å². The Labute approximate surface area is 146 Å². The standard InChI is InChI=1S/C12H28N.C8H16O2/c1-5-9-13(10-6-2,11-7-3)12-8-4;1-2-3-4-5-6-7-8(9)10/h5-12H2,1-4H3;2-7H2,1H3,(H,9,10)/q+1;. The molecule has 3 heteroatoms. The first kappa shape index (κ1) is 24.7. The summed E-state index contributed by atoms with van der Waals surface area (Å²) >= 11 is 0. The van der Waals surface area contributed by atoms with E-state index in [1.54, 1.807) is 0 Å². The van der Waals surface area contributed by atoms with Crippen LogP contribution in [0.15, 0.2) is 0 Å². The van der Waals surface area contributed by atoms with E-state index in [2.05, 4.69) is 34.6 Å². The molecule has 0 amide bonds. The van der Waals surface area contributed by atoms with Crippen molar-refractivity contribution in [3.63, 3.8) is 0 Å². The SMILES string of the molecule is CCCCCCCC(=O)O.CCC[N+](CCC)(CCC)CCC. The summed E-state index contributed by atoms with van der Waals surface area (Å²) in [6.45, 7) is 16.9. The highest BCUT2D eigenvalue weighted by Crippen LogP contribution is 2.12. The number of carbonyl (C=O) groups is 1. The van der Waals surface area contributed by atoms with Crippen molar-refractivity contribution in [3.05, 3.63) is 0 Å². The van der Waals surface area contributed by atoms with Crippen LogP contribution in [0.25, 0.3) is 0 Å². The highest BCUT2D eigenvalue weighted by atomic mass is 16.4. The Kier molecular flexibility index (Phi) is 19.1. The minimum Gasteiger partial charge on any atom is -0.481 e. The minimum atomic E-state index is -0.670. The molecule has 0 aromatic rings. The second-order valence-electron chi connectivity index (χ2n) is 6.79. The topological polar surface area (TPSA) is 37.3 Å². The zero-order valence-electron chi connectivity index (χ0n) is 16.7. The van der Waals surface area contributed by atoms with Gasteiger partial charge < -0.3 is 9.59 Å². The van der Waals surface area contributed by atoms with Crippen molar-refractivity contribution < 1.29 is 14.4 Å². The Hall–Kier alpha value is -0.570. The first-order valence-electron chi connectivity index (χ1n) is 10.1. The Balaban J connectivity index is 0. The number of unbranched alkanes of at least 4 members (excludes halogenated alkanes) is 4. The monoisotopic (exact) mass is 330 g/mol. The quantitative estimate of drug-likeness (QED) is 0.319. The predicted octanol–water partition coefficient (Wildman–Crippen LogP) is 5.87. The minimum absolute atomic E-state index is 0.337. The van der Waals surface area contributed by atoms with Crippen LogP contribution in [0.2, 0.25) is 0 Å². The Morgan fingerprint density at radius 2 is 1.04 bits per heavy atom. The van der Waals surface area contributed by atoms with Crippen LogP contribution >= 0.6 is 0 Å². The van der Waals surface area contributed by atoms with Gasteiger partial charge in [0.25, 0.3) is 0 Å². The zero-order chi connectivity index (χ0) is 18.0. The lowest BCUT2D eigenvalue weighted by molar-refractivity contribution is -0.928. The summed E-state index contributed by atoms with van der Waals surface area (Å²) in [4.78, 5) is 10.0. The second kappa shape index (κ2) is 17.8. The summed E-state index contributed by atoms with van der Waals surface area (Å²) in [5.41, 5.74) is 0. The van der Waals surface area contributed by atoms with Crippen molar-refractivity contribution in [2.75, 3.05) is 26.2 Å². The van der Waals surface area contributed by atoms with Gasteiger partial charge in [-0.15, -0.1) is 0 Å². The van der Waals surface area contributed by atoms with E-state index in [4.69, 9.17) is 5.11 Å². The normalized spacial score (nSPS) is 11.0. The summed E-state index contributed by atoms with van der Waals surface area (Å²) in [6, 6.07) is 0. The van der Waals surface area contributed by atoms with E-state index in [0.29, 0.717) is 6.42 Å². The van der Waals surface area contributed by atoms with Crippen molar-refractivity contribution in [2.45, 2.75) is 98.8 Å². The largest absolute Gasteiger partial charge is 0.481 e. The summed E-state index contributed by atoms with van der Waals surface area (Å²) in [6.07, 6.45) is 11.2. The van der Waals surface area contributed by atoms with Crippen LogP contribution in [0.5, 0.6) is 0 Å². The van der Waals surface area contributed by atoms with E-state index in [0.717, 1.165) is 12.8 Å². The molecular weight excluding hydrogens is 286 g/mol. The molecule has 3 nitrogen and oxygen atoms in total. The van der Waals surface area contributed by atoms with Gasteiger partial charge in [-0.3, -0.25) is 4.79 Å². The molecule has 1 N–H and O–H groups in total. The van der Waals surface area contributed by atoms with Crippen LogP contribution < -0.4 is 0 Å². The van der Waals surface area contributed by atoms with Crippen LogP contribution in [0.1, 0.15) is 98.8 Å². The molecule has 0 aromatic heterocycles. The van der Waals surface area contributed by atoms with E-state index in [1.807, 2.05) is 0 Å². The second-order valence-corrected chi connectivity index (χ2v) is 6.79. The molecule has 0 saturated heterocycles. The molecule has 0 aromatic carbocycles. The number of nitrogens with zero attached hydrogens (tertiary/aromatic N) is 1. The molecule has 0 bridgehead atoms. The van der Waals surface area contributed by atoms with E-state index < -0.39 is 5.97 Å². The smallest absolute Gasteiger partial charge is 0.303 e. The molecular formula is C20H44NO2+. The Bertz CT molecular complexity index is 225. The molecule has 140 valence electrons. The van der Waals surface area contributed by atoms with Gasteiger partial charge in [0.2, 0.25) is 0 Å². The van der Waals surface area contributed by atoms with Gasteiger partial charge in [0, 0.05) is 6.42 Å². The lowest BCUT2D eigenvalue weighted by Gasteiger charge is -2.38. The Morgan fingerprint density at radius 1 is 0.652 bits per heavy atom. The highest BCUT2D eigenvalue weighted by molar-refractivity contribution is 5.66. The third-order valence-electron chi connectivity index (χ3n) is 4.29. The molecule has 0 radical (unpaired) electrons. The van der Waals surface area contributed by atoms with Gasteiger partial charge in [0.05, 0.1) is 26.2 Å². The number of hydrogen-bond acceptors (Lipinski definition) is 1. The van der Waals surface area contributed by atoms with Crippen LogP contribution in [0, 0.1) is 0 Å². The van der Waals surface area contributed by atoms with E-state index >= 15 is 0 Å². The fourth-order valence-corrected chi connectivity index (χ4v) is 3.45. The number of rotatable bonds is 14. The molecule has 0 aliphatic carbocycles. The first-order chi connectivity index (χ1) is 11.0. The zero-order valence-corrected chi connectivity index (χ0v) is 16.7. The fourth-order valence-electron chi connectivity index (χ4n) is 3.45. The van der Waals surface area contributed by atoms with E-state index in [1.165, 1.54) is 75.6 Å². The molecule has 0 heterocycles. The molecule has 0 rings (SSSR count). The number of carboxylic acid groups (broad SMARTS) is 1. The molecule has 0 fully saturated rings. The lowest BCUT2D eigenvalue weighted by atomic mass is 10.1. The molecule has 0 atom stereocenters. The number of hydrogen-bond donors (Lipinski definition) is 1. The number of quaternary nitrogens is 1. The average Bonchev–Trinajstić information content (AvgIpc) is 2.48. The van der Waals surface area contributed by atoms with Crippen molar-refractivity contribution >= 4 is 5.97 Å². The van der Waals surface area contributed by atoms with Crippen molar-refractivity contribution in [2.24, 2.45) is 0 Å². The Morgan fingerprint density at radius 3 is 1.35 bits per heavy atom. The van der Waals surface area contributed by atoms with Crippen LogP contribution in [-0.4, -0.2) is 41.7 Å². The summed E-state index contributed by atoms with van der Waals surface area (Å²) in [5.74, 6) is -0.670. The van der Waals surface area contributed by atoms with Gasteiger partial charge in [-0.25, -0.2) is 0 Å². The predicted molar refractivity (Wildman–Crippen MR) is 102 cm³/mol. The van der Waals surface area contributed by atoms with Gasteiger partial charge in [-0.1, -0.05) is 60.3 Å². The highest BCUT2D eigenvalue weighted by Gasteiger charge is 2.22. The molecule has 0 spiro atoms. The van der Waals surface area contributed by atoms with E-state index in [9.17, 15) is 4.79 Å². The van der Waals surface area contributed by atoms with Gasteiger partial charge in [-0.05, 0) is 32.1 Å². The summed E-state index contributed by atoms with van der Waals surface area (Å²) < 4.78 is 1.38. The van der Waals surface area contributed by atoms with Crippen molar-refractivity contribution in [1.82, 2.24) is 0 Å². The lowest BCUT2D eigenvalue weighted by Crippen LogP contribution is -2.50. The van der Waals surface area contributed by atoms with Gasteiger partial charge in [-0.2, -0.15) is 0 Å². The fraction of sp³-hybridized carbons (Fsp3) is 0.950. The maximum Gasteiger partial charge on any atom is 0.303 e. The van der Waals surface area contributed by atoms with Crippen LogP contribution in [0.4, 0.5) is 0 Å². The number of aliphatic carboxylic acids is 1. The molecule has 0 saturated carbocycles. The van der Waals surface area contributed by atoms with E-state index in [-0.39, 0.29) is 0 Å². The van der Waals surface area contributed by atoms with Crippen LogP contribution in [0.3, 0.4) is 0 Å². The van der Waals surface area contributed by atoms with Crippen molar-refractivity contribution in [1.29, 1.82) is 0 Å². The molecule has 23 heavy (non-hydrogen) atoms. The summed E-state index contributed by atoms with van der Waals surface area (Å²) in [7, 11) is 0.